The Morgan fingerprint density at radius 3 is 2.62 bits per heavy atom. The van der Waals surface area contributed by atoms with Crippen molar-refractivity contribution >= 4 is 32.6 Å². The smallest absolute Gasteiger partial charge is 0.188 e. The number of rotatable bonds is 2. The fraction of sp³-hybridized carbons (Fsp3) is 0.235. The number of morpholine rings is 1. The van der Waals surface area contributed by atoms with Gasteiger partial charge in [0.05, 0.1) is 17.9 Å². The zero-order chi connectivity index (χ0) is 16.5. The first-order valence-corrected chi connectivity index (χ1v) is 8.48. The zero-order valence-electron chi connectivity index (χ0n) is 12.9. The minimum absolute atomic E-state index is 0.225. The van der Waals surface area contributed by atoms with Crippen molar-refractivity contribution in [1.29, 1.82) is 5.26 Å². The molecule has 6 nitrogen and oxygen atoms in total. The number of benzene rings is 1. The molecule has 2 aromatic heterocycles. The van der Waals surface area contributed by atoms with Gasteiger partial charge in [-0.3, -0.25) is 0 Å². The summed E-state index contributed by atoms with van der Waals surface area (Å²) in [5, 5.41) is 10.5. The van der Waals surface area contributed by atoms with Gasteiger partial charge in [-0.05, 0) is 5.56 Å². The average Bonchev–Trinajstić information content (AvgIpc) is 3.05. The summed E-state index contributed by atoms with van der Waals surface area (Å²) in [6.07, 6.45) is 0. The van der Waals surface area contributed by atoms with E-state index in [0.29, 0.717) is 24.4 Å². The van der Waals surface area contributed by atoms with Crippen LogP contribution in [0.1, 0.15) is 5.56 Å². The summed E-state index contributed by atoms with van der Waals surface area (Å²) in [5.74, 6) is 0.225. The predicted octanol–water partition coefficient (Wildman–Crippen LogP) is 2.65. The normalized spacial score (nSPS) is 14.7. The Kier molecular flexibility index (Phi) is 3.76. The fourth-order valence-electron chi connectivity index (χ4n) is 2.83. The van der Waals surface area contributed by atoms with Crippen LogP contribution in [0.15, 0.2) is 30.3 Å². The number of thiazole rings is 1. The van der Waals surface area contributed by atoms with Crippen molar-refractivity contribution in [2.24, 2.45) is 0 Å². The molecule has 0 unspecified atom stereocenters. The van der Waals surface area contributed by atoms with Crippen LogP contribution in [0.2, 0.25) is 0 Å². The lowest BCUT2D eigenvalue weighted by atomic mass is 10.0. The maximum atomic E-state index is 9.56. The summed E-state index contributed by atoms with van der Waals surface area (Å²) in [4.78, 5) is 11.2. The molecule has 3 aromatic rings. The molecule has 0 aliphatic carbocycles. The summed E-state index contributed by atoms with van der Waals surface area (Å²) in [6.45, 7) is 3.00. The van der Waals surface area contributed by atoms with E-state index in [1.807, 2.05) is 30.3 Å². The molecule has 1 aromatic carbocycles. The van der Waals surface area contributed by atoms with E-state index in [1.54, 1.807) is 11.3 Å². The second kappa shape index (κ2) is 6.07. The summed E-state index contributed by atoms with van der Waals surface area (Å²) in [7, 11) is 0. The molecule has 0 radical (unpaired) electrons. The molecule has 0 atom stereocenters. The minimum atomic E-state index is 0.225. The molecule has 2 N–H and O–H groups in total. The van der Waals surface area contributed by atoms with Gasteiger partial charge in [0.25, 0.3) is 0 Å². The van der Waals surface area contributed by atoms with Crippen LogP contribution >= 0.6 is 11.3 Å². The van der Waals surface area contributed by atoms with Crippen molar-refractivity contribution in [2.75, 3.05) is 36.9 Å². The lowest BCUT2D eigenvalue weighted by Gasteiger charge is -2.25. The van der Waals surface area contributed by atoms with E-state index in [1.165, 1.54) is 0 Å². The van der Waals surface area contributed by atoms with Crippen molar-refractivity contribution in [3.63, 3.8) is 0 Å². The molecule has 1 aliphatic heterocycles. The van der Waals surface area contributed by atoms with E-state index in [4.69, 9.17) is 10.5 Å². The maximum Gasteiger partial charge on any atom is 0.188 e. The number of pyridine rings is 1. The fourth-order valence-corrected chi connectivity index (χ4v) is 3.97. The number of nitriles is 1. The van der Waals surface area contributed by atoms with E-state index in [2.05, 4.69) is 20.9 Å². The highest BCUT2D eigenvalue weighted by atomic mass is 32.1. The topological polar surface area (TPSA) is 88.1 Å². The molecule has 120 valence electrons. The van der Waals surface area contributed by atoms with Gasteiger partial charge >= 0.3 is 0 Å². The molecule has 7 heteroatoms. The Morgan fingerprint density at radius 2 is 1.92 bits per heavy atom. The molecule has 3 heterocycles. The molecule has 0 saturated carbocycles. The van der Waals surface area contributed by atoms with E-state index in [9.17, 15) is 5.26 Å². The van der Waals surface area contributed by atoms with Gasteiger partial charge in [0.1, 0.15) is 17.5 Å². The third-order valence-electron chi connectivity index (χ3n) is 4.01. The predicted molar refractivity (Wildman–Crippen MR) is 95.0 cm³/mol. The first kappa shape index (κ1) is 14.9. The third kappa shape index (κ3) is 2.46. The Bertz CT molecular complexity index is 926. The van der Waals surface area contributed by atoms with Crippen LogP contribution in [0, 0.1) is 11.3 Å². The Hall–Kier alpha value is -2.69. The van der Waals surface area contributed by atoms with Crippen LogP contribution in [0.5, 0.6) is 0 Å². The standard InChI is InChI=1S/C17H15N5OS/c18-10-12-13(11-4-2-1-3-5-11)14-16(20-15(12)19)21-17(24-14)22-6-8-23-9-7-22/h1-5H,6-9H2,(H2,19,20). The molecule has 0 bridgehead atoms. The molecule has 1 aliphatic rings. The Morgan fingerprint density at radius 1 is 1.17 bits per heavy atom. The van der Waals surface area contributed by atoms with Crippen LogP contribution in [0.4, 0.5) is 10.9 Å². The first-order valence-electron chi connectivity index (χ1n) is 7.66. The van der Waals surface area contributed by atoms with E-state index >= 15 is 0 Å². The number of fused-ring (bicyclic) bond motifs is 1. The van der Waals surface area contributed by atoms with Crippen LogP contribution in [-0.4, -0.2) is 36.3 Å². The SMILES string of the molecule is N#Cc1c(N)nc2nc(N3CCOCC3)sc2c1-c1ccccc1. The van der Waals surface area contributed by atoms with Gasteiger partial charge in [0, 0.05) is 18.7 Å². The van der Waals surface area contributed by atoms with E-state index in [0.717, 1.165) is 34.0 Å². The van der Waals surface area contributed by atoms with Crippen molar-refractivity contribution < 1.29 is 4.74 Å². The minimum Gasteiger partial charge on any atom is -0.383 e. The number of hydrogen-bond acceptors (Lipinski definition) is 7. The summed E-state index contributed by atoms with van der Waals surface area (Å²) < 4.78 is 6.30. The first-order chi connectivity index (χ1) is 11.8. The average molecular weight is 337 g/mol. The van der Waals surface area contributed by atoms with Gasteiger partial charge in [-0.15, -0.1) is 0 Å². The van der Waals surface area contributed by atoms with Gasteiger partial charge in [-0.1, -0.05) is 41.7 Å². The van der Waals surface area contributed by atoms with E-state index in [-0.39, 0.29) is 5.82 Å². The van der Waals surface area contributed by atoms with Crippen molar-refractivity contribution in [1.82, 2.24) is 9.97 Å². The van der Waals surface area contributed by atoms with Gasteiger partial charge in [-0.2, -0.15) is 10.2 Å². The van der Waals surface area contributed by atoms with Gasteiger partial charge in [0.15, 0.2) is 10.8 Å². The second-order valence-corrected chi connectivity index (χ2v) is 6.45. The summed E-state index contributed by atoms with van der Waals surface area (Å²) >= 11 is 1.55. The summed E-state index contributed by atoms with van der Waals surface area (Å²) in [5.41, 5.74) is 8.79. The van der Waals surface area contributed by atoms with Crippen LogP contribution < -0.4 is 10.6 Å². The molecular formula is C17H15N5OS. The van der Waals surface area contributed by atoms with Gasteiger partial charge in [-0.25, -0.2) is 4.98 Å². The molecule has 4 rings (SSSR count). The van der Waals surface area contributed by atoms with Gasteiger partial charge < -0.3 is 15.4 Å². The number of nitrogen functional groups attached to an aromatic ring is 1. The van der Waals surface area contributed by atoms with Crippen molar-refractivity contribution in [2.45, 2.75) is 0 Å². The van der Waals surface area contributed by atoms with Gasteiger partial charge in [0.2, 0.25) is 0 Å². The monoisotopic (exact) mass is 337 g/mol. The Labute approximate surface area is 143 Å². The number of ether oxygens (including phenoxy) is 1. The lowest BCUT2D eigenvalue weighted by Crippen LogP contribution is -2.36. The highest BCUT2D eigenvalue weighted by molar-refractivity contribution is 7.22. The molecule has 1 fully saturated rings. The van der Waals surface area contributed by atoms with Crippen molar-refractivity contribution in [3.05, 3.63) is 35.9 Å². The highest BCUT2D eigenvalue weighted by Crippen LogP contribution is 2.39. The number of nitrogens with zero attached hydrogens (tertiary/aromatic N) is 4. The number of aromatic nitrogens is 2. The lowest BCUT2D eigenvalue weighted by molar-refractivity contribution is 0.122. The maximum absolute atomic E-state index is 9.56. The number of nitrogens with two attached hydrogens (primary N) is 1. The molecular weight excluding hydrogens is 322 g/mol. The number of anilines is 2. The largest absolute Gasteiger partial charge is 0.383 e. The molecule has 24 heavy (non-hydrogen) atoms. The molecule has 1 saturated heterocycles. The van der Waals surface area contributed by atoms with E-state index < -0.39 is 0 Å². The number of hydrogen-bond donors (Lipinski definition) is 1. The van der Waals surface area contributed by atoms with Crippen LogP contribution in [0.3, 0.4) is 0 Å². The zero-order valence-corrected chi connectivity index (χ0v) is 13.7. The Balaban J connectivity index is 1.94. The van der Waals surface area contributed by atoms with Crippen LogP contribution in [0.25, 0.3) is 21.5 Å². The summed E-state index contributed by atoms with van der Waals surface area (Å²) in [6, 6.07) is 12.0. The quantitative estimate of drug-likeness (QED) is 0.773. The highest BCUT2D eigenvalue weighted by Gasteiger charge is 2.21. The second-order valence-electron chi connectivity index (χ2n) is 5.47. The molecule has 0 amide bonds. The molecule has 0 spiro atoms. The third-order valence-corrected chi connectivity index (χ3v) is 5.14. The van der Waals surface area contributed by atoms with Crippen LogP contribution in [-0.2, 0) is 4.74 Å². The van der Waals surface area contributed by atoms with Crippen molar-refractivity contribution in [3.8, 4) is 17.2 Å².